The minimum Gasteiger partial charge on any atom is -0.481 e. The zero-order valence-corrected chi connectivity index (χ0v) is 15.4. The first-order chi connectivity index (χ1) is 11.6. The molecule has 136 valence electrons. The Labute approximate surface area is 151 Å². The molecule has 0 radical (unpaired) electrons. The number of aliphatic hydroxyl groups excluding tert-OH is 1. The molecule has 3 rings (SSSR count). The quantitative estimate of drug-likeness (QED) is 0.868. The third-order valence-electron chi connectivity index (χ3n) is 5.20. The van der Waals surface area contributed by atoms with E-state index in [4.69, 9.17) is 11.6 Å². The molecule has 6 nitrogen and oxygen atoms in total. The van der Waals surface area contributed by atoms with Gasteiger partial charge < -0.3 is 10.2 Å². The second kappa shape index (κ2) is 6.57. The standard InChI is InChI=1S/C18H24ClN3O3/c1-18(2,3)12-6-10(8-16(23)24)7-15(17(12)25)22-20-13-5-4-11(19)9-14(13)21-22/h4-5,9-10,12,15,17,25H,6-8H2,1-3H3,(H,23,24). The number of benzene rings is 1. The monoisotopic (exact) mass is 365 g/mol. The first-order valence-corrected chi connectivity index (χ1v) is 8.95. The number of aliphatic hydroxyl groups is 1. The van der Waals surface area contributed by atoms with Crippen molar-refractivity contribution in [1.29, 1.82) is 0 Å². The molecule has 1 aliphatic carbocycles. The van der Waals surface area contributed by atoms with E-state index in [1.165, 1.54) is 0 Å². The Morgan fingerprint density at radius 2 is 1.96 bits per heavy atom. The fraction of sp³-hybridized carbons (Fsp3) is 0.611. The lowest BCUT2D eigenvalue weighted by Crippen LogP contribution is -2.45. The van der Waals surface area contributed by atoms with E-state index in [2.05, 4.69) is 31.0 Å². The summed E-state index contributed by atoms with van der Waals surface area (Å²) in [6, 6.07) is 4.96. The van der Waals surface area contributed by atoms with Crippen molar-refractivity contribution in [2.75, 3.05) is 0 Å². The van der Waals surface area contributed by atoms with Gasteiger partial charge in [0.15, 0.2) is 0 Å². The fourth-order valence-corrected chi connectivity index (χ4v) is 4.07. The van der Waals surface area contributed by atoms with Crippen molar-refractivity contribution in [3.8, 4) is 0 Å². The topological polar surface area (TPSA) is 88.2 Å². The van der Waals surface area contributed by atoms with Crippen LogP contribution in [0.4, 0.5) is 0 Å². The van der Waals surface area contributed by atoms with Crippen molar-refractivity contribution >= 4 is 28.6 Å². The molecule has 0 amide bonds. The molecule has 2 aromatic rings. The van der Waals surface area contributed by atoms with Gasteiger partial charge in [-0.1, -0.05) is 32.4 Å². The third kappa shape index (κ3) is 3.80. The maximum atomic E-state index is 11.2. The van der Waals surface area contributed by atoms with E-state index in [9.17, 15) is 15.0 Å². The van der Waals surface area contributed by atoms with Crippen LogP contribution in [0.25, 0.3) is 11.0 Å². The molecular weight excluding hydrogens is 342 g/mol. The second-order valence-corrected chi connectivity index (χ2v) is 8.56. The predicted octanol–water partition coefficient (Wildman–Crippen LogP) is 3.53. The Kier molecular flexibility index (Phi) is 4.77. The average Bonchev–Trinajstić information content (AvgIpc) is 2.89. The Morgan fingerprint density at radius 1 is 1.28 bits per heavy atom. The smallest absolute Gasteiger partial charge is 0.303 e. The van der Waals surface area contributed by atoms with Crippen LogP contribution in [0, 0.1) is 17.3 Å². The van der Waals surface area contributed by atoms with Gasteiger partial charge in [0.1, 0.15) is 11.0 Å². The molecule has 4 unspecified atom stereocenters. The Morgan fingerprint density at radius 3 is 2.60 bits per heavy atom. The Bertz CT molecular complexity index is 783. The fourth-order valence-electron chi connectivity index (χ4n) is 3.91. The number of hydrogen-bond donors (Lipinski definition) is 2. The van der Waals surface area contributed by atoms with Crippen LogP contribution in [-0.4, -0.2) is 37.3 Å². The molecular formula is C18H24ClN3O3. The summed E-state index contributed by atoms with van der Waals surface area (Å²) in [5, 5.41) is 29.8. The largest absolute Gasteiger partial charge is 0.481 e. The number of nitrogens with zero attached hydrogens (tertiary/aromatic N) is 3. The Hall–Kier alpha value is -1.66. The van der Waals surface area contributed by atoms with Crippen molar-refractivity contribution in [1.82, 2.24) is 15.0 Å². The van der Waals surface area contributed by atoms with Gasteiger partial charge in [0.2, 0.25) is 0 Å². The molecule has 4 atom stereocenters. The molecule has 0 saturated heterocycles. The van der Waals surface area contributed by atoms with E-state index in [0.717, 1.165) is 0 Å². The second-order valence-electron chi connectivity index (χ2n) is 8.12. The molecule has 2 N–H and O–H groups in total. The number of carbonyl (C=O) groups is 1. The first-order valence-electron chi connectivity index (χ1n) is 8.57. The molecule has 7 heteroatoms. The van der Waals surface area contributed by atoms with Crippen molar-refractivity contribution in [2.24, 2.45) is 17.3 Å². The summed E-state index contributed by atoms with van der Waals surface area (Å²) in [5.74, 6) is -0.834. The summed E-state index contributed by atoms with van der Waals surface area (Å²) < 4.78 is 0. The highest BCUT2D eigenvalue weighted by molar-refractivity contribution is 6.31. The van der Waals surface area contributed by atoms with Gasteiger partial charge in [-0.15, -0.1) is 0 Å². The zero-order valence-electron chi connectivity index (χ0n) is 14.7. The van der Waals surface area contributed by atoms with Crippen LogP contribution in [0.15, 0.2) is 18.2 Å². The van der Waals surface area contributed by atoms with E-state index < -0.39 is 12.1 Å². The normalized spacial score (nSPS) is 27.6. The van der Waals surface area contributed by atoms with E-state index in [1.807, 2.05) is 0 Å². The molecule has 25 heavy (non-hydrogen) atoms. The van der Waals surface area contributed by atoms with Crippen LogP contribution in [0.3, 0.4) is 0 Å². The zero-order chi connectivity index (χ0) is 18.4. The van der Waals surface area contributed by atoms with Crippen LogP contribution in [0.1, 0.15) is 46.1 Å². The van der Waals surface area contributed by atoms with Gasteiger partial charge in [0.25, 0.3) is 0 Å². The van der Waals surface area contributed by atoms with E-state index >= 15 is 0 Å². The summed E-state index contributed by atoms with van der Waals surface area (Å²) in [7, 11) is 0. The minimum atomic E-state index is -0.807. The van der Waals surface area contributed by atoms with Crippen molar-refractivity contribution in [3.63, 3.8) is 0 Å². The molecule has 0 aliphatic heterocycles. The maximum absolute atomic E-state index is 11.2. The number of aromatic nitrogens is 3. The van der Waals surface area contributed by atoms with E-state index in [0.29, 0.717) is 28.9 Å². The number of rotatable bonds is 3. The lowest BCUT2D eigenvalue weighted by molar-refractivity contribution is -0.140. The number of carboxylic acids is 1. The molecule has 1 heterocycles. The number of carboxylic acid groups (broad SMARTS) is 1. The molecule has 1 fully saturated rings. The summed E-state index contributed by atoms with van der Waals surface area (Å²) in [4.78, 5) is 12.8. The Balaban J connectivity index is 1.96. The highest BCUT2D eigenvalue weighted by Crippen LogP contribution is 2.45. The van der Waals surface area contributed by atoms with E-state index in [-0.39, 0.29) is 29.7 Å². The summed E-state index contributed by atoms with van der Waals surface area (Å²) in [5.41, 5.74) is 1.25. The lowest BCUT2D eigenvalue weighted by atomic mass is 9.65. The van der Waals surface area contributed by atoms with Crippen LogP contribution in [-0.2, 0) is 4.79 Å². The number of aliphatic carboxylic acids is 1. The summed E-state index contributed by atoms with van der Waals surface area (Å²) in [6.45, 7) is 6.23. The van der Waals surface area contributed by atoms with Crippen molar-refractivity contribution < 1.29 is 15.0 Å². The number of hydrogen-bond acceptors (Lipinski definition) is 4. The van der Waals surface area contributed by atoms with Gasteiger partial charge in [-0.3, -0.25) is 4.79 Å². The SMILES string of the molecule is CC(C)(C)C1CC(CC(=O)O)CC(n2nc3ccc(Cl)cc3n2)C1O. The van der Waals surface area contributed by atoms with E-state index in [1.54, 1.807) is 23.0 Å². The highest BCUT2D eigenvalue weighted by Gasteiger charge is 2.44. The summed E-state index contributed by atoms with van der Waals surface area (Å²) in [6.07, 6.45) is 0.722. The third-order valence-corrected chi connectivity index (χ3v) is 5.43. The highest BCUT2D eigenvalue weighted by atomic mass is 35.5. The van der Waals surface area contributed by atoms with Gasteiger partial charge in [0, 0.05) is 11.4 Å². The van der Waals surface area contributed by atoms with Crippen LogP contribution in [0.5, 0.6) is 0 Å². The van der Waals surface area contributed by atoms with Crippen molar-refractivity contribution in [2.45, 2.75) is 52.2 Å². The molecule has 0 bridgehead atoms. The molecule has 1 aliphatic rings. The van der Waals surface area contributed by atoms with Crippen LogP contribution in [0.2, 0.25) is 5.02 Å². The number of halogens is 1. The maximum Gasteiger partial charge on any atom is 0.303 e. The lowest BCUT2D eigenvalue weighted by Gasteiger charge is -2.44. The van der Waals surface area contributed by atoms with Crippen molar-refractivity contribution in [3.05, 3.63) is 23.2 Å². The van der Waals surface area contributed by atoms with Gasteiger partial charge in [-0.25, -0.2) is 0 Å². The molecule has 1 saturated carbocycles. The van der Waals surface area contributed by atoms with Gasteiger partial charge in [0.05, 0.1) is 12.1 Å². The van der Waals surface area contributed by atoms with Gasteiger partial charge >= 0.3 is 5.97 Å². The first kappa shape index (κ1) is 18.1. The molecule has 0 spiro atoms. The molecule has 1 aromatic carbocycles. The minimum absolute atomic E-state index is 0.00664. The van der Waals surface area contributed by atoms with Crippen LogP contribution >= 0.6 is 11.6 Å². The molecule has 1 aromatic heterocycles. The van der Waals surface area contributed by atoms with Crippen LogP contribution < -0.4 is 0 Å². The average molecular weight is 366 g/mol. The summed E-state index contributed by atoms with van der Waals surface area (Å²) >= 11 is 6.01. The predicted molar refractivity (Wildman–Crippen MR) is 95.5 cm³/mol. The van der Waals surface area contributed by atoms with Gasteiger partial charge in [-0.2, -0.15) is 15.0 Å². The number of fused-ring (bicyclic) bond motifs is 1. The van der Waals surface area contributed by atoms with Gasteiger partial charge in [-0.05, 0) is 48.3 Å².